The molecular formula is C14H13N3O3. The molecule has 102 valence electrons. The Morgan fingerprint density at radius 3 is 2.75 bits per heavy atom. The molecule has 0 spiro atoms. The summed E-state index contributed by atoms with van der Waals surface area (Å²) in [5, 5.41) is 6.42. The minimum Gasteiger partial charge on any atom is -0.324 e. The number of carbonyl (C=O) groups is 2. The standard InChI is InChI=1S/C14H13N3O3/c1-10(18)11-4-2-5-12(8-11)16-13(19)9-17-14(20)6-3-7-15-17/h2-8H,9H2,1H3,(H,16,19). The van der Waals surface area contributed by atoms with Gasteiger partial charge in [0, 0.05) is 23.5 Å². The molecule has 2 rings (SSSR count). The lowest BCUT2D eigenvalue weighted by atomic mass is 10.1. The number of hydrogen-bond acceptors (Lipinski definition) is 4. The van der Waals surface area contributed by atoms with Crippen molar-refractivity contribution in [2.24, 2.45) is 0 Å². The smallest absolute Gasteiger partial charge is 0.267 e. The largest absolute Gasteiger partial charge is 0.324 e. The maximum atomic E-state index is 11.8. The van der Waals surface area contributed by atoms with Crippen molar-refractivity contribution in [1.29, 1.82) is 0 Å². The van der Waals surface area contributed by atoms with E-state index >= 15 is 0 Å². The molecule has 6 nitrogen and oxygen atoms in total. The third-order valence-electron chi connectivity index (χ3n) is 2.63. The van der Waals surface area contributed by atoms with Gasteiger partial charge in [-0.05, 0) is 25.1 Å². The van der Waals surface area contributed by atoms with Crippen molar-refractivity contribution in [2.75, 3.05) is 5.32 Å². The number of nitrogens with zero attached hydrogens (tertiary/aromatic N) is 2. The first-order valence-electron chi connectivity index (χ1n) is 5.99. The van der Waals surface area contributed by atoms with E-state index in [0.29, 0.717) is 11.3 Å². The molecule has 1 amide bonds. The van der Waals surface area contributed by atoms with Crippen molar-refractivity contribution in [1.82, 2.24) is 9.78 Å². The summed E-state index contributed by atoms with van der Waals surface area (Å²) in [6.45, 7) is 1.28. The summed E-state index contributed by atoms with van der Waals surface area (Å²) in [4.78, 5) is 34.5. The van der Waals surface area contributed by atoms with Crippen LogP contribution in [0.5, 0.6) is 0 Å². The molecule has 0 saturated carbocycles. The molecule has 20 heavy (non-hydrogen) atoms. The van der Waals surface area contributed by atoms with E-state index in [-0.39, 0.29) is 23.8 Å². The predicted octanol–water partition coefficient (Wildman–Crippen LogP) is 1.08. The van der Waals surface area contributed by atoms with Gasteiger partial charge in [0.25, 0.3) is 5.56 Å². The van der Waals surface area contributed by atoms with Crippen molar-refractivity contribution < 1.29 is 9.59 Å². The fraction of sp³-hybridized carbons (Fsp3) is 0.143. The van der Waals surface area contributed by atoms with Crippen molar-refractivity contribution in [3.63, 3.8) is 0 Å². The summed E-state index contributed by atoms with van der Waals surface area (Å²) in [5.41, 5.74) is 0.671. The molecule has 1 aromatic heterocycles. The molecule has 2 aromatic rings. The summed E-state index contributed by atoms with van der Waals surface area (Å²) in [6, 6.07) is 9.44. The third kappa shape index (κ3) is 3.38. The number of hydrogen-bond donors (Lipinski definition) is 1. The van der Waals surface area contributed by atoms with Gasteiger partial charge < -0.3 is 5.32 Å². The van der Waals surface area contributed by atoms with E-state index in [1.54, 1.807) is 24.3 Å². The lowest BCUT2D eigenvalue weighted by Crippen LogP contribution is -2.28. The first-order valence-corrected chi connectivity index (χ1v) is 5.99. The Kier molecular flexibility index (Phi) is 4.05. The zero-order valence-electron chi connectivity index (χ0n) is 10.9. The van der Waals surface area contributed by atoms with Crippen LogP contribution in [-0.2, 0) is 11.3 Å². The fourth-order valence-electron chi connectivity index (χ4n) is 1.66. The van der Waals surface area contributed by atoms with Crippen LogP contribution in [0.3, 0.4) is 0 Å². The average Bonchev–Trinajstić information content (AvgIpc) is 2.41. The molecule has 0 bridgehead atoms. The molecule has 1 aromatic carbocycles. The van der Waals surface area contributed by atoms with Crippen LogP contribution in [0, 0.1) is 0 Å². The van der Waals surface area contributed by atoms with Gasteiger partial charge in [-0.1, -0.05) is 12.1 Å². The van der Waals surface area contributed by atoms with E-state index in [1.165, 1.54) is 25.3 Å². The lowest BCUT2D eigenvalue weighted by molar-refractivity contribution is -0.117. The topological polar surface area (TPSA) is 81.1 Å². The van der Waals surface area contributed by atoms with Crippen LogP contribution in [0.1, 0.15) is 17.3 Å². The highest BCUT2D eigenvalue weighted by Gasteiger charge is 2.07. The Labute approximate surface area is 115 Å². The van der Waals surface area contributed by atoms with Gasteiger partial charge in [-0.25, -0.2) is 4.68 Å². The second-order valence-corrected chi connectivity index (χ2v) is 4.20. The second-order valence-electron chi connectivity index (χ2n) is 4.20. The number of carbonyl (C=O) groups excluding carboxylic acids is 2. The zero-order chi connectivity index (χ0) is 14.5. The Bertz CT molecular complexity index is 707. The second kappa shape index (κ2) is 5.92. The first kappa shape index (κ1) is 13.7. The number of benzene rings is 1. The van der Waals surface area contributed by atoms with Crippen LogP contribution in [-0.4, -0.2) is 21.5 Å². The van der Waals surface area contributed by atoms with Gasteiger partial charge in [-0.2, -0.15) is 5.10 Å². The van der Waals surface area contributed by atoms with Crippen LogP contribution in [0.25, 0.3) is 0 Å². The average molecular weight is 271 g/mol. The van der Waals surface area contributed by atoms with Crippen LogP contribution < -0.4 is 10.9 Å². The molecule has 0 radical (unpaired) electrons. The lowest BCUT2D eigenvalue weighted by Gasteiger charge is -2.07. The van der Waals surface area contributed by atoms with E-state index in [2.05, 4.69) is 10.4 Å². The molecule has 0 atom stereocenters. The third-order valence-corrected chi connectivity index (χ3v) is 2.63. The van der Waals surface area contributed by atoms with Gasteiger partial charge in [0.1, 0.15) is 6.54 Å². The number of aromatic nitrogens is 2. The molecule has 1 heterocycles. The van der Waals surface area contributed by atoms with E-state index < -0.39 is 0 Å². The molecule has 1 N–H and O–H groups in total. The number of Topliss-reactive ketones (excluding diaryl/α,β-unsaturated/α-hetero) is 1. The van der Waals surface area contributed by atoms with Gasteiger partial charge in [0.05, 0.1) is 0 Å². The molecule has 0 saturated heterocycles. The SMILES string of the molecule is CC(=O)c1cccc(NC(=O)Cn2ncccc2=O)c1. The summed E-state index contributed by atoms with van der Waals surface area (Å²) in [7, 11) is 0. The fourth-order valence-corrected chi connectivity index (χ4v) is 1.66. The Hall–Kier alpha value is -2.76. The highest BCUT2D eigenvalue weighted by molar-refractivity contribution is 5.97. The van der Waals surface area contributed by atoms with Crippen molar-refractivity contribution in [3.05, 3.63) is 58.5 Å². The molecule has 0 aliphatic heterocycles. The summed E-state index contributed by atoms with van der Waals surface area (Å²) in [5.74, 6) is -0.464. The van der Waals surface area contributed by atoms with E-state index in [0.717, 1.165) is 4.68 Å². The number of nitrogens with one attached hydrogen (secondary N) is 1. The van der Waals surface area contributed by atoms with Crippen LogP contribution >= 0.6 is 0 Å². The van der Waals surface area contributed by atoms with Gasteiger partial charge in [0.15, 0.2) is 5.78 Å². The summed E-state index contributed by atoms with van der Waals surface area (Å²) < 4.78 is 1.06. The number of anilines is 1. The van der Waals surface area contributed by atoms with E-state index in [1.807, 2.05) is 0 Å². The maximum Gasteiger partial charge on any atom is 0.267 e. The van der Waals surface area contributed by atoms with Crippen LogP contribution in [0.15, 0.2) is 47.4 Å². The summed E-state index contributed by atoms with van der Waals surface area (Å²) in [6.07, 6.45) is 1.44. The summed E-state index contributed by atoms with van der Waals surface area (Å²) >= 11 is 0. The minimum atomic E-state index is -0.383. The van der Waals surface area contributed by atoms with Gasteiger partial charge in [0.2, 0.25) is 5.91 Å². The highest BCUT2D eigenvalue weighted by Crippen LogP contribution is 2.11. The van der Waals surface area contributed by atoms with Crippen molar-refractivity contribution in [2.45, 2.75) is 13.5 Å². The number of ketones is 1. The van der Waals surface area contributed by atoms with E-state index in [4.69, 9.17) is 0 Å². The van der Waals surface area contributed by atoms with Gasteiger partial charge >= 0.3 is 0 Å². The first-order chi connectivity index (χ1) is 9.56. The predicted molar refractivity (Wildman–Crippen MR) is 73.6 cm³/mol. The molecule has 0 aliphatic carbocycles. The quantitative estimate of drug-likeness (QED) is 0.844. The molecule has 0 aliphatic rings. The molecule has 0 fully saturated rings. The van der Waals surface area contributed by atoms with Crippen LogP contribution in [0.2, 0.25) is 0 Å². The number of amides is 1. The molecule has 0 unspecified atom stereocenters. The highest BCUT2D eigenvalue weighted by atomic mass is 16.2. The molecule has 6 heteroatoms. The van der Waals surface area contributed by atoms with Crippen LogP contribution in [0.4, 0.5) is 5.69 Å². The number of rotatable bonds is 4. The van der Waals surface area contributed by atoms with E-state index in [9.17, 15) is 14.4 Å². The minimum absolute atomic E-state index is 0.0814. The maximum absolute atomic E-state index is 11.8. The molecular weight excluding hydrogens is 258 g/mol. The zero-order valence-corrected chi connectivity index (χ0v) is 10.9. The van der Waals surface area contributed by atoms with Gasteiger partial charge in [-0.3, -0.25) is 14.4 Å². The Balaban J connectivity index is 2.09. The Morgan fingerprint density at radius 2 is 2.05 bits per heavy atom. The normalized spacial score (nSPS) is 10.1. The van der Waals surface area contributed by atoms with Gasteiger partial charge in [-0.15, -0.1) is 0 Å². The van der Waals surface area contributed by atoms with Crippen molar-refractivity contribution in [3.8, 4) is 0 Å². The monoisotopic (exact) mass is 271 g/mol. The van der Waals surface area contributed by atoms with Crippen molar-refractivity contribution >= 4 is 17.4 Å². The Morgan fingerprint density at radius 1 is 1.25 bits per heavy atom.